The van der Waals surface area contributed by atoms with E-state index in [9.17, 15) is 31.1 Å². The van der Waals surface area contributed by atoms with E-state index in [1.807, 2.05) is 0 Å². The van der Waals surface area contributed by atoms with Crippen LogP contribution in [0.25, 0.3) is 0 Å². The summed E-state index contributed by atoms with van der Waals surface area (Å²) in [6.45, 7) is 0. The molecular weight excluding hydrogens is 364 g/mol. The van der Waals surface area contributed by atoms with E-state index in [4.69, 9.17) is 0 Å². The molecule has 0 aliphatic carbocycles. The Hall–Kier alpha value is -2.71. The average molecular weight is 377 g/mol. The highest BCUT2D eigenvalue weighted by atomic mass is 19.4. The molecule has 0 saturated carbocycles. The van der Waals surface area contributed by atoms with Crippen LogP contribution in [0.1, 0.15) is 22.7 Å². The molecule has 3 nitrogen and oxygen atoms in total. The molecule has 1 N–H and O–H groups in total. The fourth-order valence-corrected chi connectivity index (χ4v) is 2.25. The normalized spacial score (nSPS) is 13.2. The zero-order chi connectivity index (χ0) is 19.5. The number of halogens is 6. The zero-order valence-corrected chi connectivity index (χ0v) is 13.3. The van der Waals surface area contributed by atoms with Crippen molar-refractivity contribution in [3.05, 3.63) is 65.2 Å². The minimum Gasteiger partial charge on any atom is -0.467 e. The number of hydrogen-bond acceptors (Lipinski definition) is 3. The van der Waals surface area contributed by atoms with Crippen molar-refractivity contribution in [2.24, 2.45) is 0 Å². The molecule has 26 heavy (non-hydrogen) atoms. The molecule has 0 aromatic heterocycles. The molecule has 2 rings (SSSR count). The smallest absolute Gasteiger partial charge is 0.416 e. The Morgan fingerprint density at radius 1 is 0.923 bits per heavy atom. The molecule has 9 heteroatoms. The fraction of sp³-hybridized carbons (Fsp3) is 0.235. The maximum absolute atomic E-state index is 12.9. The topological polar surface area (TPSA) is 38.3 Å². The molecule has 0 bridgehead atoms. The fourth-order valence-electron chi connectivity index (χ4n) is 2.25. The molecule has 0 aliphatic heterocycles. The Morgan fingerprint density at radius 3 is 1.85 bits per heavy atom. The summed E-state index contributed by atoms with van der Waals surface area (Å²) in [6, 6.07) is 7.53. The minimum absolute atomic E-state index is 0.0147. The van der Waals surface area contributed by atoms with E-state index < -0.39 is 41.2 Å². The van der Waals surface area contributed by atoms with Gasteiger partial charge in [-0.25, -0.2) is 4.79 Å². The maximum Gasteiger partial charge on any atom is 0.416 e. The zero-order valence-electron chi connectivity index (χ0n) is 13.3. The van der Waals surface area contributed by atoms with Gasteiger partial charge in [-0.3, -0.25) is 0 Å². The average Bonchev–Trinajstić information content (AvgIpc) is 2.58. The van der Waals surface area contributed by atoms with Gasteiger partial charge in [-0.15, -0.1) is 0 Å². The lowest BCUT2D eigenvalue weighted by atomic mass is 10.0. The Kier molecular flexibility index (Phi) is 5.48. The first kappa shape index (κ1) is 19.6. The molecule has 0 fully saturated rings. The van der Waals surface area contributed by atoms with Crippen molar-refractivity contribution < 1.29 is 35.9 Å². The Bertz CT molecular complexity index is 739. The highest BCUT2D eigenvalue weighted by Gasteiger charge is 2.37. The van der Waals surface area contributed by atoms with Crippen LogP contribution in [0, 0.1) is 0 Å². The number of benzene rings is 2. The second-order valence-electron chi connectivity index (χ2n) is 5.31. The summed E-state index contributed by atoms with van der Waals surface area (Å²) in [5.41, 5.74) is -3.14. The Labute approximate surface area is 144 Å². The van der Waals surface area contributed by atoms with E-state index >= 15 is 0 Å². The number of rotatable bonds is 4. The van der Waals surface area contributed by atoms with Gasteiger partial charge in [0.05, 0.1) is 18.2 Å². The molecule has 1 unspecified atom stereocenters. The summed E-state index contributed by atoms with van der Waals surface area (Å²) in [4.78, 5) is 12.0. The van der Waals surface area contributed by atoms with Crippen LogP contribution >= 0.6 is 0 Å². The number of ether oxygens (including phenoxy) is 1. The monoisotopic (exact) mass is 377 g/mol. The molecule has 2 aromatic carbocycles. The van der Waals surface area contributed by atoms with Gasteiger partial charge >= 0.3 is 18.3 Å². The number of carbonyl (C=O) groups is 1. The molecule has 0 radical (unpaired) electrons. The van der Waals surface area contributed by atoms with Crippen molar-refractivity contribution in [1.82, 2.24) is 0 Å². The van der Waals surface area contributed by atoms with Crippen LogP contribution in [0.4, 0.5) is 32.0 Å². The second kappa shape index (κ2) is 7.27. The largest absolute Gasteiger partial charge is 0.467 e. The van der Waals surface area contributed by atoms with Gasteiger partial charge in [0.1, 0.15) is 0 Å². The molecule has 2 aromatic rings. The molecule has 1 atom stereocenters. The van der Waals surface area contributed by atoms with Crippen molar-refractivity contribution in [3.8, 4) is 0 Å². The minimum atomic E-state index is -4.98. The summed E-state index contributed by atoms with van der Waals surface area (Å²) in [5, 5.41) is 2.40. The maximum atomic E-state index is 12.9. The van der Waals surface area contributed by atoms with Crippen LogP contribution in [-0.2, 0) is 21.9 Å². The van der Waals surface area contributed by atoms with Gasteiger partial charge in [-0.05, 0) is 23.8 Å². The molecule has 140 valence electrons. The third-order valence-corrected chi connectivity index (χ3v) is 3.47. The van der Waals surface area contributed by atoms with Gasteiger partial charge in [0.2, 0.25) is 0 Å². The number of nitrogens with one attached hydrogen (secondary N) is 1. The first-order valence-electron chi connectivity index (χ1n) is 7.21. The standard InChI is InChI=1S/C17H13F6NO2/c1-26-15(25)14(10-5-3-2-4-6-10)24-13-8-11(16(18,19)20)7-12(9-13)17(21,22)23/h2-9,14,24H,1H3. The predicted octanol–water partition coefficient (Wildman–Crippen LogP) is 5.05. The third-order valence-electron chi connectivity index (χ3n) is 3.47. The van der Waals surface area contributed by atoms with Crippen molar-refractivity contribution in [1.29, 1.82) is 0 Å². The lowest BCUT2D eigenvalue weighted by molar-refractivity contribution is -0.143. The number of methoxy groups -OCH3 is 1. The van der Waals surface area contributed by atoms with E-state index in [1.165, 1.54) is 12.1 Å². The number of alkyl halides is 6. The van der Waals surface area contributed by atoms with Crippen molar-refractivity contribution >= 4 is 11.7 Å². The quantitative estimate of drug-likeness (QED) is 0.599. The predicted molar refractivity (Wildman–Crippen MR) is 81.3 cm³/mol. The molecule has 0 spiro atoms. The number of hydrogen-bond donors (Lipinski definition) is 1. The van der Waals surface area contributed by atoms with Crippen molar-refractivity contribution in [3.63, 3.8) is 0 Å². The molecule has 0 heterocycles. The Balaban J connectivity index is 2.50. The van der Waals surface area contributed by atoms with Crippen LogP contribution < -0.4 is 5.32 Å². The van der Waals surface area contributed by atoms with E-state index in [0.717, 1.165) is 7.11 Å². The highest BCUT2D eigenvalue weighted by molar-refractivity contribution is 5.81. The third kappa shape index (κ3) is 4.68. The first-order chi connectivity index (χ1) is 12.0. The van der Waals surface area contributed by atoms with Crippen molar-refractivity contribution in [2.45, 2.75) is 18.4 Å². The van der Waals surface area contributed by atoms with Gasteiger partial charge in [-0.2, -0.15) is 26.3 Å². The van der Waals surface area contributed by atoms with Gasteiger partial charge < -0.3 is 10.1 Å². The second-order valence-corrected chi connectivity index (χ2v) is 5.31. The van der Waals surface area contributed by atoms with E-state index in [2.05, 4.69) is 10.1 Å². The number of carbonyl (C=O) groups excluding carboxylic acids is 1. The number of anilines is 1. The Morgan fingerprint density at radius 2 is 1.42 bits per heavy atom. The SMILES string of the molecule is COC(=O)C(Nc1cc(C(F)(F)F)cc(C(F)(F)F)c1)c1ccccc1. The lowest BCUT2D eigenvalue weighted by Gasteiger charge is -2.20. The van der Waals surface area contributed by atoms with Crippen molar-refractivity contribution in [2.75, 3.05) is 12.4 Å². The number of esters is 1. The van der Waals surface area contributed by atoms with E-state index in [0.29, 0.717) is 17.7 Å². The summed E-state index contributed by atoms with van der Waals surface area (Å²) < 4.78 is 82.2. The summed E-state index contributed by atoms with van der Waals surface area (Å²) in [6.07, 6.45) is -9.96. The molecular formula is C17H13F6NO2. The van der Waals surface area contributed by atoms with Crippen LogP contribution in [0.5, 0.6) is 0 Å². The summed E-state index contributed by atoms with van der Waals surface area (Å²) in [7, 11) is 1.06. The van der Waals surface area contributed by atoms with Gasteiger partial charge in [0.25, 0.3) is 0 Å². The molecule has 0 aliphatic rings. The lowest BCUT2D eigenvalue weighted by Crippen LogP contribution is -2.23. The molecule has 0 saturated heterocycles. The van der Waals surface area contributed by atoms with Crippen LogP contribution in [0.3, 0.4) is 0 Å². The van der Waals surface area contributed by atoms with E-state index in [1.54, 1.807) is 18.2 Å². The van der Waals surface area contributed by atoms with Crippen LogP contribution in [0.2, 0.25) is 0 Å². The van der Waals surface area contributed by atoms with Gasteiger partial charge in [0, 0.05) is 5.69 Å². The molecule has 0 amide bonds. The summed E-state index contributed by atoms with van der Waals surface area (Å²) in [5.74, 6) is -0.859. The first-order valence-corrected chi connectivity index (χ1v) is 7.21. The summed E-state index contributed by atoms with van der Waals surface area (Å²) >= 11 is 0. The van der Waals surface area contributed by atoms with E-state index in [-0.39, 0.29) is 6.07 Å². The van der Waals surface area contributed by atoms with Crippen LogP contribution in [0.15, 0.2) is 48.5 Å². The van der Waals surface area contributed by atoms with Gasteiger partial charge in [0.15, 0.2) is 6.04 Å². The van der Waals surface area contributed by atoms with Crippen LogP contribution in [-0.4, -0.2) is 13.1 Å². The van der Waals surface area contributed by atoms with Gasteiger partial charge in [-0.1, -0.05) is 30.3 Å². The highest BCUT2D eigenvalue weighted by Crippen LogP contribution is 2.38.